The van der Waals surface area contributed by atoms with Gasteiger partial charge in [0.1, 0.15) is 5.82 Å². The summed E-state index contributed by atoms with van der Waals surface area (Å²) in [5.74, 6) is 0.162. The number of halogens is 2. The van der Waals surface area contributed by atoms with Gasteiger partial charge in [-0.3, -0.25) is 0 Å². The quantitative estimate of drug-likeness (QED) is 0.882. The van der Waals surface area contributed by atoms with Gasteiger partial charge < -0.3 is 10.4 Å². The van der Waals surface area contributed by atoms with Crippen LogP contribution in [0.4, 0.5) is 4.39 Å². The van der Waals surface area contributed by atoms with Crippen molar-refractivity contribution >= 4 is 11.6 Å². The smallest absolute Gasteiger partial charge is 0.142 e. The van der Waals surface area contributed by atoms with Crippen molar-refractivity contribution in [3.63, 3.8) is 0 Å². The molecule has 2 nitrogen and oxygen atoms in total. The number of benzene rings is 1. The summed E-state index contributed by atoms with van der Waals surface area (Å²) in [5.41, 5.74) is 0.897. The molecule has 2 unspecified atom stereocenters. The van der Waals surface area contributed by atoms with Crippen molar-refractivity contribution in [2.45, 2.75) is 38.3 Å². The molecule has 0 heterocycles. The van der Waals surface area contributed by atoms with E-state index in [2.05, 4.69) is 5.32 Å². The van der Waals surface area contributed by atoms with E-state index in [4.69, 9.17) is 11.6 Å². The third-order valence-electron chi connectivity index (χ3n) is 3.50. The minimum absolute atomic E-state index is 0.140. The third-order valence-corrected chi connectivity index (χ3v) is 3.81. The second-order valence-corrected chi connectivity index (χ2v) is 5.47. The minimum Gasteiger partial charge on any atom is -0.393 e. The summed E-state index contributed by atoms with van der Waals surface area (Å²) >= 11 is 5.63. The van der Waals surface area contributed by atoms with Crippen LogP contribution in [0.2, 0.25) is 5.02 Å². The Bertz CT molecular complexity index is 399. The largest absolute Gasteiger partial charge is 0.393 e. The average molecular weight is 272 g/mol. The van der Waals surface area contributed by atoms with Crippen molar-refractivity contribution < 1.29 is 9.50 Å². The van der Waals surface area contributed by atoms with E-state index < -0.39 is 0 Å². The van der Waals surface area contributed by atoms with Crippen LogP contribution in [-0.2, 0) is 6.54 Å². The fraction of sp³-hybridized carbons (Fsp3) is 0.571. The van der Waals surface area contributed by atoms with Crippen LogP contribution in [0.3, 0.4) is 0 Å². The van der Waals surface area contributed by atoms with Gasteiger partial charge in [-0.05, 0) is 49.4 Å². The Labute approximate surface area is 112 Å². The van der Waals surface area contributed by atoms with E-state index in [9.17, 15) is 9.50 Å². The van der Waals surface area contributed by atoms with Gasteiger partial charge in [-0.2, -0.15) is 0 Å². The summed E-state index contributed by atoms with van der Waals surface area (Å²) in [5, 5.41) is 13.0. The van der Waals surface area contributed by atoms with Crippen LogP contribution in [0, 0.1) is 11.7 Å². The molecule has 1 fully saturated rings. The highest BCUT2D eigenvalue weighted by Gasteiger charge is 2.19. The molecule has 0 radical (unpaired) electrons. The molecule has 1 aromatic carbocycles. The number of rotatable bonds is 4. The zero-order chi connectivity index (χ0) is 13.0. The highest BCUT2D eigenvalue weighted by molar-refractivity contribution is 6.30. The molecule has 0 amide bonds. The predicted molar refractivity (Wildman–Crippen MR) is 71.1 cm³/mol. The van der Waals surface area contributed by atoms with Crippen molar-refractivity contribution in [1.82, 2.24) is 5.32 Å². The highest BCUT2D eigenvalue weighted by Crippen LogP contribution is 2.23. The first-order valence-corrected chi connectivity index (χ1v) is 6.85. The van der Waals surface area contributed by atoms with Gasteiger partial charge in [0.25, 0.3) is 0 Å². The Morgan fingerprint density at radius 3 is 2.94 bits per heavy atom. The maximum Gasteiger partial charge on any atom is 0.142 e. The summed E-state index contributed by atoms with van der Waals surface area (Å²) in [7, 11) is 0. The molecule has 1 aliphatic rings. The van der Waals surface area contributed by atoms with Crippen LogP contribution in [0.15, 0.2) is 18.2 Å². The molecular weight excluding hydrogens is 253 g/mol. The van der Waals surface area contributed by atoms with Gasteiger partial charge in [0, 0.05) is 6.54 Å². The van der Waals surface area contributed by atoms with Crippen LogP contribution >= 0.6 is 11.6 Å². The molecule has 18 heavy (non-hydrogen) atoms. The van der Waals surface area contributed by atoms with E-state index in [0.29, 0.717) is 12.5 Å². The van der Waals surface area contributed by atoms with Gasteiger partial charge in [0.05, 0.1) is 11.1 Å². The van der Waals surface area contributed by atoms with Gasteiger partial charge in [-0.15, -0.1) is 0 Å². The summed E-state index contributed by atoms with van der Waals surface area (Å²) in [6, 6.07) is 4.87. The fourth-order valence-electron chi connectivity index (χ4n) is 2.52. The fourth-order valence-corrected chi connectivity index (χ4v) is 2.64. The van der Waals surface area contributed by atoms with E-state index in [0.717, 1.165) is 31.4 Å². The lowest BCUT2D eigenvalue weighted by atomic mass is 9.87. The topological polar surface area (TPSA) is 32.3 Å². The van der Waals surface area contributed by atoms with Crippen molar-refractivity contribution in [3.05, 3.63) is 34.6 Å². The molecule has 0 spiro atoms. The molecule has 2 N–H and O–H groups in total. The normalized spacial score (nSPS) is 24.2. The molecule has 1 aromatic rings. The Hall–Kier alpha value is -0.640. The summed E-state index contributed by atoms with van der Waals surface area (Å²) in [6.45, 7) is 1.52. The van der Waals surface area contributed by atoms with Crippen LogP contribution in [0.25, 0.3) is 0 Å². The van der Waals surface area contributed by atoms with E-state index in [1.54, 1.807) is 6.07 Å². The summed E-state index contributed by atoms with van der Waals surface area (Å²) < 4.78 is 13.2. The van der Waals surface area contributed by atoms with Crippen molar-refractivity contribution in [1.29, 1.82) is 0 Å². The molecule has 100 valence electrons. The highest BCUT2D eigenvalue weighted by atomic mass is 35.5. The maximum atomic E-state index is 13.2. The number of hydrogen-bond acceptors (Lipinski definition) is 2. The van der Waals surface area contributed by atoms with E-state index >= 15 is 0 Å². The molecule has 0 saturated heterocycles. The zero-order valence-electron chi connectivity index (χ0n) is 10.3. The lowest BCUT2D eigenvalue weighted by Gasteiger charge is -2.26. The molecule has 0 bridgehead atoms. The monoisotopic (exact) mass is 271 g/mol. The standard InChI is InChI=1S/C14H19ClFNO/c15-13-5-4-11(7-14(13)16)9-17-8-10-2-1-3-12(18)6-10/h4-5,7,10,12,17-18H,1-3,6,8-9H2. The lowest BCUT2D eigenvalue weighted by Crippen LogP contribution is -2.28. The zero-order valence-corrected chi connectivity index (χ0v) is 11.1. The third kappa shape index (κ3) is 3.94. The molecule has 2 atom stereocenters. The van der Waals surface area contributed by atoms with Crippen molar-refractivity contribution in [2.24, 2.45) is 5.92 Å². The first-order chi connectivity index (χ1) is 8.65. The van der Waals surface area contributed by atoms with Crippen LogP contribution in [-0.4, -0.2) is 17.8 Å². The number of nitrogens with one attached hydrogen (secondary N) is 1. The van der Waals surface area contributed by atoms with Gasteiger partial charge in [0.15, 0.2) is 0 Å². The first kappa shape index (κ1) is 13.8. The Morgan fingerprint density at radius 1 is 1.39 bits per heavy atom. The van der Waals surface area contributed by atoms with Gasteiger partial charge in [0.2, 0.25) is 0 Å². The molecular formula is C14H19ClFNO. The second kappa shape index (κ2) is 6.50. The first-order valence-electron chi connectivity index (χ1n) is 6.48. The molecule has 2 rings (SSSR count). The van der Waals surface area contributed by atoms with Crippen molar-refractivity contribution in [2.75, 3.05) is 6.54 Å². The van der Waals surface area contributed by atoms with Crippen molar-refractivity contribution in [3.8, 4) is 0 Å². The molecule has 4 heteroatoms. The Morgan fingerprint density at radius 2 is 2.22 bits per heavy atom. The van der Waals surface area contributed by atoms with Gasteiger partial charge >= 0.3 is 0 Å². The summed E-state index contributed by atoms with van der Waals surface area (Å²) in [6.07, 6.45) is 3.93. The Balaban J connectivity index is 1.76. The van der Waals surface area contributed by atoms with E-state index in [1.165, 1.54) is 12.5 Å². The van der Waals surface area contributed by atoms with Crippen LogP contribution in [0.5, 0.6) is 0 Å². The molecule has 1 saturated carbocycles. The molecule has 0 aromatic heterocycles. The minimum atomic E-state index is -0.371. The molecule has 1 aliphatic carbocycles. The van der Waals surface area contributed by atoms with Gasteiger partial charge in [-0.25, -0.2) is 4.39 Å². The SMILES string of the molecule is OC1CCCC(CNCc2ccc(Cl)c(F)c2)C1. The van der Waals surface area contributed by atoms with E-state index in [-0.39, 0.29) is 16.9 Å². The van der Waals surface area contributed by atoms with Gasteiger partial charge in [-0.1, -0.05) is 24.1 Å². The Kier molecular flexibility index (Phi) is 4.98. The number of aliphatic hydroxyl groups excluding tert-OH is 1. The maximum absolute atomic E-state index is 13.2. The number of aliphatic hydroxyl groups is 1. The average Bonchev–Trinajstić information content (AvgIpc) is 2.34. The van der Waals surface area contributed by atoms with Crippen LogP contribution in [0.1, 0.15) is 31.2 Å². The second-order valence-electron chi connectivity index (χ2n) is 5.07. The predicted octanol–water partition coefficient (Wildman–Crippen LogP) is 3.12. The molecule has 0 aliphatic heterocycles. The summed E-state index contributed by atoms with van der Waals surface area (Å²) in [4.78, 5) is 0. The van der Waals surface area contributed by atoms with Crippen LogP contribution < -0.4 is 5.32 Å². The number of hydrogen-bond donors (Lipinski definition) is 2. The van der Waals surface area contributed by atoms with E-state index in [1.807, 2.05) is 6.07 Å². The lowest BCUT2D eigenvalue weighted by molar-refractivity contribution is 0.101.